The van der Waals surface area contributed by atoms with Gasteiger partial charge in [-0.3, -0.25) is 19.4 Å². The standard InChI is InChI=1S/C20H22FN5O/c1-25-12-15(11-23-25)19-3-2-14-10-22-17(9-20(14)24-19)8-18(27)13-26-6-4-16(21)5-7-26/h2-3,9-12,16H,4-8,13H2,1H3. The largest absolute Gasteiger partial charge is 0.298 e. The van der Waals surface area contributed by atoms with Crippen molar-refractivity contribution < 1.29 is 9.18 Å². The maximum atomic E-state index is 13.2. The number of aromatic nitrogens is 4. The molecule has 0 aliphatic carbocycles. The fraction of sp³-hybridized carbons (Fsp3) is 0.400. The minimum Gasteiger partial charge on any atom is -0.298 e. The van der Waals surface area contributed by atoms with Crippen LogP contribution in [0.15, 0.2) is 36.8 Å². The molecule has 1 fully saturated rings. The molecule has 0 atom stereocenters. The minimum absolute atomic E-state index is 0.0996. The summed E-state index contributed by atoms with van der Waals surface area (Å²) in [5.74, 6) is 0.0996. The second-order valence-electron chi connectivity index (χ2n) is 7.13. The van der Waals surface area contributed by atoms with Crippen LogP contribution >= 0.6 is 0 Å². The van der Waals surface area contributed by atoms with Crippen molar-refractivity contribution in [3.8, 4) is 11.3 Å². The van der Waals surface area contributed by atoms with Crippen molar-refractivity contribution >= 4 is 16.7 Å². The lowest BCUT2D eigenvalue weighted by atomic mass is 10.1. The van der Waals surface area contributed by atoms with Crippen LogP contribution in [0, 0.1) is 0 Å². The lowest BCUT2D eigenvalue weighted by Crippen LogP contribution is -2.38. The highest BCUT2D eigenvalue weighted by molar-refractivity contribution is 5.85. The van der Waals surface area contributed by atoms with Crippen LogP contribution in [-0.2, 0) is 18.3 Å². The van der Waals surface area contributed by atoms with Crippen LogP contribution in [0.5, 0.6) is 0 Å². The number of ketones is 1. The van der Waals surface area contributed by atoms with Crippen LogP contribution in [0.4, 0.5) is 4.39 Å². The molecule has 1 aliphatic rings. The van der Waals surface area contributed by atoms with Crippen LogP contribution < -0.4 is 0 Å². The van der Waals surface area contributed by atoms with Gasteiger partial charge in [-0.15, -0.1) is 0 Å². The number of likely N-dealkylation sites (tertiary alicyclic amines) is 1. The summed E-state index contributed by atoms with van der Waals surface area (Å²) in [6.07, 6.45) is 6.03. The quantitative estimate of drug-likeness (QED) is 0.694. The van der Waals surface area contributed by atoms with Gasteiger partial charge in [-0.1, -0.05) is 0 Å². The topological polar surface area (TPSA) is 63.9 Å². The van der Waals surface area contributed by atoms with Crippen LogP contribution in [-0.4, -0.2) is 56.2 Å². The second-order valence-corrected chi connectivity index (χ2v) is 7.13. The first-order chi connectivity index (χ1) is 13.1. The van der Waals surface area contributed by atoms with Crippen molar-refractivity contribution in [3.63, 3.8) is 0 Å². The predicted octanol–water partition coefficient (Wildman–Crippen LogP) is 2.58. The van der Waals surface area contributed by atoms with Gasteiger partial charge in [0.1, 0.15) is 6.17 Å². The fourth-order valence-electron chi connectivity index (χ4n) is 3.44. The van der Waals surface area contributed by atoms with E-state index in [1.807, 2.05) is 36.3 Å². The number of pyridine rings is 2. The van der Waals surface area contributed by atoms with Crippen LogP contribution in [0.1, 0.15) is 18.5 Å². The SMILES string of the molecule is Cn1cc(-c2ccc3cnc(CC(=O)CN4CCC(F)CC4)cc3n2)cn1. The number of hydrogen-bond acceptors (Lipinski definition) is 5. The molecule has 0 bridgehead atoms. The molecule has 0 amide bonds. The molecule has 3 aromatic heterocycles. The summed E-state index contributed by atoms with van der Waals surface area (Å²) in [4.78, 5) is 23.5. The van der Waals surface area contributed by atoms with Gasteiger partial charge in [0.2, 0.25) is 0 Å². The maximum absolute atomic E-state index is 13.2. The molecule has 7 heteroatoms. The van der Waals surface area contributed by atoms with Crippen molar-refractivity contribution in [1.29, 1.82) is 0 Å². The van der Waals surface area contributed by atoms with Gasteiger partial charge in [0.15, 0.2) is 5.78 Å². The molecule has 1 saturated heterocycles. The average molecular weight is 367 g/mol. The zero-order chi connectivity index (χ0) is 18.8. The molecule has 4 rings (SSSR count). The van der Waals surface area contributed by atoms with Gasteiger partial charge in [-0.05, 0) is 31.0 Å². The fourth-order valence-corrected chi connectivity index (χ4v) is 3.44. The highest BCUT2D eigenvalue weighted by atomic mass is 19.1. The van der Waals surface area contributed by atoms with Crippen molar-refractivity contribution in [2.75, 3.05) is 19.6 Å². The van der Waals surface area contributed by atoms with Gasteiger partial charge in [0.05, 0.1) is 30.4 Å². The third-order valence-corrected chi connectivity index (χ3v) is 4.93. The van der Waals surface area contributed by atoms with Gasteiger partial charge in [0.25, 0.3) is 0 Å². The Labute approximate surface area is 157 Å². The lowest BCUT2D eigenvalue weighted by molar-refractivity contribution is -0.120. The highest BCUT2D eigenvalue weighted by Gasteiger charge is 2.20. The average Bonchev–Trinajstić information content (AvgIpc) is 3.09. The molecule has 4 heterocycles. The number of alkyl halides is 1. The first-order valence-electron chi connectivity index (χ1n) is 9.19. The first-order valence-corrected chi connectivity index (χ1v) is 9.19. The Kier molecular flexibility index (Phi) is 4.94. The zero-order valence-corrected chi connectivity index (χ0v) is 15.3. The van der Waals surface area contributed by atoms with Crippen LogP contribution in [0.2, 0.25) is 0 Å². The van der Waals surface area contributed by atoms with Gasteiger partial charge in [-0.2, -0.15) is 5.10 Å². The molecule has 3 aromatic rings. The first kappa shape index (κ1) is 17.7. The van der Waals surface area contributed by atoms with E-state index in [0.29, 0.717) is 38.2 Å². The Morgan fingerprint density at radius 2 is 2.07 bits per heavy atom. The summed E-state index contributed by atoms with van der Waals surface area (Å²) in [6.45, 7) is 1.65. The van der Waals surface area contributed by atoms with Crippen molar-refractivity contribution in [1.82, 2.24) is 24.6 Å². The minimum atomic E-state index is -0.724. The van der Waals surface area contributed by atoms with E-state index >= 15 is 0 Å². The molecule has 0 spiro atoms. The molecule has 0 aromatic carbocycles. The number of nitrogens with zero attached hydrogens (tertiary/aromatic N) is 5. The van der Waals surface area contributed by atoms with E-state index in [0.717, 1.165) is 22.2 Å². The Morgan fingerprint density at radius 3 is 2.81 bits per heavy atom. The molecule has 6 nitrogen and oxygen atoms in total. The van der Waals surface area contributed by atoms with Gasteiger partial charge < -0.3 is 0 Å². The normalized spacial score (nSPS) is 16.1. The number of rotatable bonds is 5. The van der Waals surface area contributed by atoms with Crippen molar-refractivity contribution in [2.24, 2.45) is 7.05 Å². The summed E-state index contributed by atoms with van der Waals surface area (Å²) in [5, 5.41) is 5.12. The number of hydrogen-bond donors (Lipinski definition) is 0. The Morgan fingerprint density at radius 1 is 1.26 bits per heavy atom. The zero-order valence-electron chi connectivity index (χ0n) is 15.3. The number of halogens is 1. The molecule has 0 saturated carbocycles. The summed E-state index contributed by atoms with van der Waals surface area (Å²) in [7, 11) is 1.87. The number of fused-ring (bicyclic) bond motifs is 1. The summed E-state index contributed by atoms with van der Waals surface area (Å²) >= 11 is 0. The van der Waals surface area contributed by atoms with E-state index in [1.165, 1.54) is 0 Å². The number of piperidine rings is 1. The second kappa shape index (κ2) is 7.52. The Balaban J connectivity index is 1.48. The third kappa shape index (κ3) is 4.19. The van der Waals surface area contributed by atoms with E-state index in [-0.39, 0.29) is 12.2 Å². The van der Waals surface area contributed by atoms with Crippen LogP contribution in [0.25, 0.3) is 22.2 Å². The number of carbonyl (C=O) groups excluding carboxylic acids is 1. The predicted molar refractivity (Wildman–Crippen MR) is 101 cm³/mol. The van der Waals surface area contributed by atoms with E-state index in [9.17, 15) is 9.18 Å². The molecule has 0 radical (unpaired) electrons. The van der Waals surface area contributed by atoms with Crippen molar-refractivity contribution in [3.05, 3.63) is 42.5 Å². The summed E-state index contributed by atoms with van der Waals surface area (Å²) in [6, 6.07) is 5.80. The molecule has 0 unspecified atom stereocenters. The lowest BCUT2D eigenvalue weighted by Gasteiger charge is -2.27. The molecule has 27 heavy (non-hydrogen) atoms. The number of carbonyl (C=O) groups is 1. The molecular formula is C20H22FN5O. The van der Waals surface area contributed by atoms with Gasteiger partial charge in [-0.25, -0.2) is 9.37 Å². The smallest absolute Gasteiger partial charge is 0.152 e. The van der Waals surface area contributed by atoms with Crippen molar-refractivity contribution in [2.45, 2.75) is 25.4 Å². The summed E-state index contributed by atoms with van der Waals surface area (Å²) < 4.78 is 15.0. The van der Waals surface area contributed by atoms with E-state index in [2.05, 4.69) is 10.1 Å². The number of Topliss-reactive ketones (excluding diaryl/α,β-unsaturated/α-hetero) is 1. The van der Waals surface area contributed by atoms with E-state index < -0.39 is 6.17 Å². The molecular weight excluding hydrogens is 345 g/mol. The van der Waals surface area contributed by atoms with Gasteiger partial charge in [0, 0.05) is 49.2 Å². The number of aryl methyl sites for hydroxylation is 1. The van der Waals surface area contributed by atoms with Gasteiger partial charge >= 0.3 is 0 Å². The summed E-state index contributed by atoms with van der Waals surface area (Å²) in [5.41, 5.74) is 3.31. The Bertz CT molecular complexity index is 962. The van der Waals surface area contributed by atoms with E-state index in [4.69, 9.17) is 4.98 Å². The highest BCUT2D eigenvalue weighted by Crippen LogP contribution is 2.21. The maximum Gasteiger partial charge on any atom is 0.152 e. The molecule has 140 valence electrons. The van der Waals surface area contributed by atoms with Crippen LogP contribution in [0.3, 0.4) is 0 Å². The Hall–Kier alpha value is -2.67. The monoisotopic (exact) mass is 367 g/mol. The molecule has 1 aliphatic heterocycles. The van der Waals surface area contributed by atoms with E-state index in [1.54, 1.807) is 17.1 Å². The third-order valence-electron chi connectivity index (χ3n) is 4.93. The molecule has 0 N–H and O–H groups in total.